The summed E-state index contributed by atoms with van der Waals surface area (Å²) >= 11 is 0. The molecule has 0 fully saturated rings. The molecule has 6 nitrogen and oxygen atoms in total. The monoisotopic (exact) mass is 311 g/mol. The van der Waals surface area contributed by atoms with Gasteiger partial charge in [-0.25, -0.2) is 14.5 Å². The Morgan fingerprint density at radius 3 is 2.61 bits per heavy atom. The number of rotatable bonds is 5. The third-order valence-corrected chi connectivity index (χ3v) is 3.33. The van der Waals surface area contributed by atoms with E-state index in [1.807, 2.05) is 37.3 Å². The fraction of sp³-hybridized carbons (Fsp3) is 0.235. The van der Waals surface area contributed by atoms with E-state index in [9.17, 15) is 4.79 Å². The maximum Gasteiger partial charge on any atom is 0.343 e. The number of hydrogen-bond donors (Lipinski definition) is 0. The molecule has 0 saturated heterocycles. The van der Waals surface area contributed by atoms with Gasteiger partial charge in [0.15, 0.2) is 5.65 Å². The van der Waals surface area contributed by atoms with Crippen LogP contribution in [-0.4, -0.2) is 33.9 Å². The maximum absolute atomic E-state index is 12.1. The van der Waals surface area contributed by atoms with Crippen molar-refractivity contribution in [2.75, 3.05) is 13.2 Å². The Labute approximate surface area is 133 Å². The van der Waals surface area contributed by atoms with Gasteiger partial charge in [-0.3, -0.25) is 0 Å². The van der Waals surface area contributed by atoms with Crippen LogP contribution in [0.15, 0.2) is 42.7 Å². The molecule has 2 heterocycles. The van der Waals surface area contributed by atoms with Crippen LogP contribution in [0.25, 0.3) is 16.7 Å². The van der Waals surface area contributed by atoms with Crippen molar-refractivity contribution in [2.24, 2.45) is 0 Å². The smallest absolute Gasteiger partial charge is 0.343 e. The zero-order valence-electron chi connectivity index (χ0n) is 13.0. The summed E-state index contributed by atoms with van der Waals surface area (Å²) in [5.41, 5.74) is 1.84. The molecular formula is C17H17N3O3. The SMILES string of the molecule is CCOC(=O)c1cnc2c(cnn2-c2ccccc2)c1OCC. The minimum Gasteiger partial charge on any atom is -0.492 e. The van der Waals surface area contributed by atoms with E-state index in [-0.39, 0.29) is 0 Å². The van der Waals surface area contributed by atoms with Gasteiger partial charge in [0.1, 0.15) is 11.3 Å². The van der Waals surface area contributed by atoms with Crippen LogP contribution in [0.4, 0.5) is 0 Å². The number of carbonyl (C=O) groups excluding carboxylic acids is 1. The van der Waals surface area contributed by atoms with Gasteiger partial charge in [-0.15, -0.1) is 0 Å². The second-order valence-electron chi connectivity index (χ2n) is 4.78. The molecule has 0 N–H and O–H groups in total. The highest BCUT2D eigenvalue weighted by molar-refractivity contribution is 5.99. The first-order valence-electron chi connectivity index (χ1n) is 7.48. The highest BCUT2D eigenvalue weighted by atomic mass is 16.5. The van der Waals surface area contributed by atoms with E-state index in [4.69, 9.17) is 9.47 Å². The van der Waals surface area contributed by atoms with Crippen molar-refractivity contribution in [1.29, 1.82) is 0 Å². The molecule has 0 spiro atoms. The Hall–Kier alpha value is -2.89. The van der Waals surface area contributed by atoms with E-state index in [0.717, 1.165) is 5.69 Å². The van der Waals surface area contributed by atoms with E-state index in [1.165, 1.54) is 6.20 Å². The van der Waals surface area contributed by atoms with Crippen molar-refractivity contribution >= 4 is 17.0 Å². The van der Waals surface area contributed by atoms with Gasteiger partial charge in [0.2, 0.25) is 0 Å². The lowest BCUT2D eigenvalue weighted by atomic mass is 10.2. The second kappa shape index (κ2) is 6.48. The Kier molecular flexibility index (Phi) is 4.23. The van der Waals surface area contributed by atoms with Crippen molar-refractivity contribution < 1.29 is 14.3 Å². The topological polar surface area (TPSA) is 66.2 Å². The van der Waals surface area contributed by atoms with Gasteiger partial charge < -0.3 is 9.47 Å². The Morgan fingerprint density at radius 2 is 1.91 bits per heavy atom. The standard InChI is InChI=1S/C17H17N3O3/c1-3-22-15-13-11-19-20(12-8-6-5-7-9-12)16(13)18-10-14(15)17(21)23-4-2/h5-11H,3-4H2,1-2H3. The number of aromatic nitrogens is 3. The Bertz CT molecular complexity index is 828. The van der Waals surface area contributed by atoms with Crippen LogP contribution >= 0.6 is 0 Å². The van der Waals surface area contributed by atoms with Crippen LogP contribution in [0.5, 0.6) is 5.75 Å². The Balaban J connectivity index is 2.17. The fourth-order valence-corrected chi connectivity index (χ4v) is 2.37. The zero-order chi connectivity index (χ0) is 16.2. The number of carbonyl (C=O) groups is 1. The lowest BCUT2D eigenvalue weighted by molar-refractivity contribution is 0.0522. The van der Waals surface area contributed by atoms with Crippen LogP contribution in [0.2, 0.25) is 0 Å². The van der Waals surface area contributed by atoms with Crippen LogP contribution in [-0.2, 0) is 4.74 Å². The molecular weight excluding hydrogens is 294 g/mol. The molecule has 0 saturated carbocycles. The van der Waals surface area contributed by atoms with E-state index in [2.05, 4.69) is 10.1 Å². The van der Waals surface area contributed by atoms with E-state index in [1.54, 1.807) is 17.8 Å². The molecule has 23 heavy (non-hydrogen) atoms. The quantitative estimate of drug-likeness (QED) is 0.678. The zero-order valence-corrected chi connectivity index (χ0v) is 13.0. The van der Waals surface area contributed by atoms with Crippen LogP contribution in [0, 0.1) is 0 Å². The number of pyridine rings is 1. The lowest BCUT2D eigenvalue weighted by Gasteiger charge is -2.10. The van der Waals surface area contributed by atoms with E-state index >= 15 is 0 Å². The molecule has 0 radical (unpaired) electrons. The highest BCUT2D eigenvalue weighted by Crippen LogP contribution is 2.30. The van der Waals surface area contributed by atoms with Crippen molar-refractivity contribution in [2.45, 2.75) is 13.8 Å². The number of esters is 1. The maximum atomic E-state index is 12.1. The Morgan fingerprint density at radius 1 is 1.13 bits per heavy atom. The van der Waals surface area contributed by atoms with Crippen LogP contribution < -0.4 is 4.74 Å². The predicted molar refractivity (Wildman–Crippen MR) is 86.0 cm³/mol. The highest BCUT2D eigenvalue weighted by Gasteiger charge is 2.20. The summed E-state index contributed by atoms with van der Waals surface area (Å²) in [6.45, 7) is 4.36. The van der Waals surface area contributed by atoms with Gasteiger partial charge in [-0.1, -0.05) is 18.2 Å². The first kappa shape index (κ1) is 15.0. The fourth-order valence-electron chi connectivity index (χ4n) is 2.37. The molecule has 3 aromatic rings. The first-order valence-corrected chi connectivity index (χ1v) is 7.48. The van der Waals surface area contributed by atoms with Gasteiger partial charge in [-0.05, 0) is 26.0 Å². The molecule has 0 aliphatic rings. The number of benzene rings is 1. The van der Waals surface area contributed by atoms with Gasteiger partial charge in [0.05, 0.1) is 30.5 Å². The van der Waals surface area contributed by atoms with E-state index in [0.29, 0.717) is 35.6 Å². The first-order chi connectivity index (χ1) is 11.3. The molecule has 3 rings (SSSR count). The summed E-state index contributed by atoms with van der Waals surface area (Å²) in [4.78, 5) is 16.5. The van der Waals surface area contributed by atoms with Crippen molar-refractivity contribution in [1.82, 2.24) is 14.8 Å². The van der Waals surface area contributed by atoms with Gasteiger partial charge in [-0.2, -0.15) is 5.10 Å². The molecule has 1 aromatic carbocycles. The minimum atomic E-state index is -0.446. The average molecular weight is 311 g/mol. The van der Waals surface area contributed by atoms with E-state index < -0.39 is 5.97 Å². The number of ether oxygens (including phenoxy) is 2. The number of hydrogen-bond acceptors (Lipinski definition) is 5. The third-order valence-electron chi connectivity index (χ3n) is 3.33. The summed E-state index contributed by atoms with van der Waals surface area (Å²) in [6, 6.07) is 9.67. The average Bonchev–Trinajstić information content (AvgIpc) is 3.01. The molecule has 0 aliphatic carbocycles. The molecule has 0 aliphatic heterocycles. The number of nitrogens with zero attached hydrogens (tertiary/aromatic N) is 3. The molecule has 6 heteroatoms. The van der Waals surface area contributed by atoms with Crippen LogP contribution in [0.3, 0.4) is 0 Å². The largest absolute Gasteiger partial charge is 0.492 e. The van der Waals surface area contributed by atoms with Crippen molar-refractivity contribution in [3.8, 4) is 11.4 Å². The molecule has 0 unspecified atom stereocenters. The molecule has 0 amide bonds. The van der Waals surface area contributed by atoms with Crippen molar-refractivity contribution in [3.05, 3.63) is 48.3 Å². The van der Waals surface area contributed by atoms with Gasteiger partial charge in [0.25, 0.3) is 0 Å². The molecule has 0 atom stereocenters. The third kappa shape index (κ3) is 2.75. The predicted octanol–water partition coefficient (Wildman–Crippen LogP) is 3.00. The summed E-state index contributed by atoms with van der Waals surface area (Å²) in [5, 5.41) is 5.06. The summed E-state index contributed by atoms with van der Waals surface area (Å²) < 4.78 is 12.5. The lowest BCUT2D eigenvalue weighted by Crippen LogP contribution is -2.09. The van der Waals surface area contributed by atoms with Crippen LogP contribution in [0.1, 0.15) is 24.2 Å². The van der Waals surface area contributed by atoms with Gasteiger partial charge >= 0.3 is 5.97 Å². The minimum absolute atomic E-state index is 0.297. The number of para-hydroxylation sites is 1. The normalized spacial score (nSPS) is 10.7. The number of fused-ring (bicyclic) bond motifs is 1. The second-order valence-corrected chi connectivity index (χ2v) is 4.78. The molecule has 0 bridgehead atoms. The summed E-state index contributed by atoms with van der Waals surface area (Å²) in [6.07, 6.45) is 3.13. The van der Waals surface area contributed by atoms with Gasteiger partial charge in [0, 0.05) is 6.20 Å². The molecule has 2 aromatic heterocycles. The summed E-state index contributed by atoms with van der Waals surface area (Å²) in [5.74, 6) is 0.0101. The summed E-state index contributed by atoms with van der Waals surface area (Å²) in [7, 11) is 0. The molecule has 118 valence electrons. The van der Waals surface area contributed by atoms with Crippen molar-refractivity contribution in [3.63, 3.8) is 0 Å².